The molecule has 0 radical (unpaired) electrons. The van der Waals surface area contributed by atoms with Crippen molar-refractivity contribution in [2.24, 2.45) is 0 Å². The third-order valence-electron chi connectivity index (χ3n) is 5.96. The van der Waals surface area contributed by atoms with Crippen molar-refractivity contribution >= 4 is 15.7 Å². The molecule has 0 spiro atoms. The van der Waals surface area contributed by atoms with E-state index in [1.165, 1.54) is 41.1 Å². The van der Waals surface area contributed by atoms with Gasteiger partial charge in [-0.3, -0.25) is 4.90 Å². The summed E-state index contributed by atoms with van der Waals surface area (Å²) in [5, 5.41) is 0. The fraction of sp³-hybridized carbons (Fsp3) is 0.455. The summed E-state index contributed by atoms with van der Waals surface area (Å²) in [7, 11) is -1.40. The van der Waals surface area contributed by atoms with Crippen LogP contribution in [0.15, 0.2) is 42.5 Å². The minimum absolute atomic E-state index is 0.0247. The molecule has 0 aliphatic carbocycles. The molecule has 0 aromatic heterocycles. The zero-order valence-electron chi connectivity index (χ0n) is 16.8. The summed E-state index contributed by atoms with van der Waals surface area (Å²) >= 11 is 0. The number of halogens is 1. The van der Waals surface area contributed by atoms with Crippen molar-refractivity contribution in [2.75, 3.05) is 38.1 Å². The van der Waals surface area contributed by atoms with Gasteiger partial charge in [-0.25, -0.2) is 17.5 Å². The van der Waals surface area contributed by atoms with Gasteiger partial charge in [0.2, 0.25) is 10.0 Å². The van der Waals surface area contributed by atoms with Gasteiger partial charge >= 0.3 is 0 Å². The van der Waals surface area contributed by atoms with E-state index in [0.29, 0.717) is 12.1 Å². The van der Waals surface area contributed by atoms with Crippen LogP contribution >= 0.6 is 0 Å². The fourth-order valence-electron chi connectivity index (χ4n) is 4.36. The molecule has 1 saturated heterocycles. The summed E-state index contributed by atoms with van der Waals surface area (Å²) < 4.78 is 41.2. The molecule has 7 heteroatoms. The second kappa shape index (κ2) is 8.42. The molecule has 0 amide bonds. The largest absolute Gasteiger partial charge is 0.374 e. The molecule has 156 valence electrons. The maximum absolute atomic E-state index is 13.1. The topological polar surface area (TPSA) is 52.7 Å². The van der Waals surface area contributed by atoms with Crippen LogP contribution in [0.4, 0.5) is 10.1 Å². The van der Waals surface area contributed by atoms with Crippen LogP contribution in [0, 0.1) is 5.82 Å². The van der Waals surface area contributed by atoms with Gasteiger partial charge in [-0.05, 0) is 67.2 Å². The second-order valence-corrected chi connectivity index (χ2v) is 9.86. The minimum Gasteiger partial charge on any atom is -0.374 e. The van der Waals surface area contributed by atoms with E-state index in [4.69, 9.17) is 0 Å². The Bertz CT molecular complexity index is 957. The molecule has 2 aliphatic rings. The van der Waals surface area contributed by atoms with Crippen LogP contribution in [0.3, 0.4) is 0 Å². The average molecular weight is 418 g/mol. The fourth-order valence-corrected chi connectivity index (χ4v) is 5.51. The standard InChI is InChI=1S/C22H28FN3O2S/c1-25-13-10-19-14-18(6-9-21(19)25)22(26-11-2-3-12-26)15-24-29(27,28)16-17-4-7-20(23)8-5-17/h4-9,14,22,24H,2-3,10-13,15-16H2,1H3/t22-/m0/s1. The van der Waals surface area contributed by atoms with Crippen LogP contribution in [-0.4, -0.2) is 46.5 Å². The first-order chi connectivity index (χ1) is 13.9. The number of rotatable bonds is 7. The van der Waals surface area contributed by atoms with Gasteiger partial charge in [0.1, 0.15) is 5.82 Å². The summed E-state index contributed by atoms with van der Waals surface area (Å²) in [4.78, 5) is 4.64. The van der Waals surface area contributed by atoms with Crippen LogP contribution in [0.2, 0.25) is 0 Å². The molecular weight excluding hydrogens is 389 g/mol. The molecule has 2 aromatic carbocycles. The Morgan fingerprint density at radius 3 is 2.52 bits per heavy atom. The Balaban J connectivity index is 1.50. The molecule has 4 rings (SSSR count). The van der Waals surface area contributed by atoms with Gasteiger partial charge in [-0.2, -0.15) is 0 Å². The van der Waals surface area contributed by atoms with E-state index in [1.54, 1.807) is 0 Å². The molecule has 2 aromatic rings. The van der Waals surface area contributed by atoms with E-state index in [1.807, 2.05) is 0 Å². The van der Waals surface area contributed by atoms with Crippen LogP contribution in [-0.2, 0) is 22.2 Å². The van der Waals surface area contributed by atoms with Gasteiger partial charge in [-0.15, -0.1) is 0 Å². The third-order valence-corrected chi connectivity index (χ3v) is 7.28. The lowest BCUT2D eigenvalue weighted by Crippen LogP contribution is -2.37. The summed E-state index contributed by atoms with van der Waals surface area (Å²) in [6, 6.07) is 12.2. The van der Waals surface area contributed by atoms with E-state index < -0.39 is 10.0 Å². The molecule has 0 bridgehead atoms. The first kappa shape index (κ1) is 20.3. The zero-order chi connectivity index (χ0) is 20.4. The monoisotopic (exact) mass is 417 g/mol. The molecule has 1 fully saturated rings. The highest BCUT2D eigenvalue weighted by Crippen LogP contribution is 2.32. The van der Waals surface area contributed by atoms with Crippen LogP contribution < -0.4 is 9.62 Å². The van der Waals surface area contributed by atoms with Gasteiger partial charge in [0.15, 0.2) is 0 Å². The predicted molar refractivity (Wildman–Crippen MR) is 114 cm³/mol. The zero-order valence-corrected chi connectivity index (χ0v) is 17.6. The number of hydrogen-bond donors (Lipinski definition) is 1. The van der Waals surface area contributed by atoms with Crippen LogP contribution in [0.1, 0.15) is 35.6 Å². The third kappa shape index (κ3) is 4.79. The van der Waals surface area contributed by atoms with Gasteiger partial charge in [0.25, 0.3) is 0 Å². The Morgan fingerprint density at radius 2 is 1.79 bits per heavy atom. The van der Waals surface area contributed by atoms with Crippen molar-refractivity contribution in [2.45, 2.75) is 31.1 Å². The number of likely N-dealkylation sites (tertiary alicyclic amines) is 1. The number of benzene rings is 2. The number of nitrogens with zero attached hydrogens (tertiary/aromatic N) is 2. The Hall–Kier alpha value is -1.96. The second-order valence-electron chi connectivity index (χ2n) is 8.05. The molecule has 29 heavy (non-hydrogen) atoms. The highest BCUT2D eigenvalue weighted by molar-refractivity contribution is 7.88. The summed E-state index contributed by atoms with van der Waals surface area (Å²) in [6.07, 6.45) is 3.32. The molecule has 0 unspecified atom stereocenters. The highest BCUT2D eigenvalue weighted by Gasteiger charge is 2.27. The van der Waals surface area contributed by atoms with Crippen molar-refractivity contribution in [1.29, 1.82) is 0 Å². The molecular formula is C22H28FN3O2S. The number of anilines is 1. The molecule has 5 nitrogen and oxygen atoms in total. The molecule has 0 saturated carbocycles. The Morgan fingerprint density at radius 1 is 1.07 bits per heavy atom. The number of likely N-dealkylation sites (N-methyl/N-ethyl adjacent to an activating group) is 1. The first-order valence-electron chi connectivity index (χ1n) is 10.2. The summed E-state index contributed by atoms with van der Waals surface area (Å²) in [6.45, 7) is 3.35. The van der Waals surface area contributed by atoms with E-state index in [2.05, 4.69) is 39.8 Å². The average Bonchev–Trinajstić information content (AvgIpc) is 3.34. The molecule has 1 atom stereocenters. The van der Waals surface area contributed by atoms with Crippen molar-refractivity contribution in [3.63, 3.8) is 0 Å². The number of nitrogens with one attached hydrogen (secondary N) is 1. The summed E-state index contributed by atoms with van der Waals surface area (Å²) in [5.41, 5.74) is 4.36. The first-order valence-corrected chi connectivity index (χ1v) is 11.9. The minimum atomic E-state index is -3.51. The van der Waals surface area contributed by atoms with E-state index in [0.717, 1.165) is 38.9 Å². The maximum Gasteiger partial charge on any atom is 0.215 e. The Labute approximate surface area is 172 Å². The lowest BCUT2D eigenvalue weighted by Gasteiger charge is -2.29. The van der Waals surface area contributed by atoms with Crippen molar-refractivity contribution in [3.8, 4) is 0 Å². The lowest BCUT2D eigenvalue weighted by molar-refractivity contribution is 0.246. The molecule has 1 N–H and O–H groups in total. The maximum atomic E-state index is 13.1. The number of sulfonamides is 1. The smallest absolute Gasteiger partial charge is 0.215 e. The van der Waals surface area contributed by atoms with Crippen LogP contribution in [0.5, 0.6) is 0 Å². The van der Waals surface area contributed by atoms with E-state index >= 15 is 0 Å². The van der Waals surface area contributed by atoms with E-state index in [9.17, 15) is 12.8 Å². The van der Waals surface area contributed by atoms with Crippen molar-refractivity contribution in [1.82, 2.24) is 9.62 Å². The van der Waals surface area contributed by atoms with Crippen LogP contribution in [0.25, 0.3) is 0 Å². The van der Waals surface area contributed by atoms with Crippen molar-refractivity contribution < 1.29 is 12.8 Å². The highest BCUT2D eigenvalue weighted by atomic mass is 32.2. The quantitative estimate of drug-likeness (QED) is 0.752. The lowest BCUT2D eigenvalue weighted by atomic mass is 10.0. The van der Waals surface area contributed by atoms with Gasteiger partial charge in [0, 0.05) is 31.9 Å². The molecule has 2 aliphatic heterocycles. The normalized spacial score (nSPS) is 18.2. The number of fused-ring (bicyclic) bond motifs is 1. The summed E-state index contributed by atoms with van der Waals surface area (Å²) in [5.74, 6) is -0.509. The predicted octanol–water partition coefficient (Wildman–Crippen LogP) is 3.07. The van der Waals surface area contributed by atoms with Gasteiger partial charge < -0.3 is 4.90 Å². The van der Waals surface area contributed by atoms with Gasteiger partial charge in [0.05, 0.1) is 5.75 Å². The number of hydrogen-bond acceptors (Lipinski definition) is 4. The Kier molecular flexibility index (Phi) is 5.90. The van der Waals surface area contributed by atoms with E-state index in [-0.39, 0.29) is 17.6 Å². The van der Waals surface area contributed by atoms with Crippen molar-refractivity contribution in [3.05, 3.63) is 65.0 Å². The SMILES string of the molecule is CN1CCc2cc([C@H](CNS(=O)(=O)Cc3ccc(F)cc3)N3CCCC3)ccc21. The molecule has 2 heterocycles. The van der Waals surface area contributed by atoms with Gasteiger partial charge in [-0.1, -0.05) is 24.3 Å².